The molecule has 5 heteroatoms. The van der Waals surface area contributed by atoms with E-state index in [1.165, 1.54) is 19.3 Å². The van der Waals surface area contributed by atoms with Gasteiger partial charge in [-0.05, 0) is 87.5 Å². The first-order valence-electron chi connectivity index (χ1n) is 10.4. The van der Waals surface area contributed by atoms with Gasteiger partial charge in [0.05, 0.1) is 6.61 Å². The number of hydrogen-bond donors (Lipinski definition) is 2. The molecular weight excluding hydrogens is 340 g/mol. The van der Waals surface area contributed by atoms with Gasteiger partial charge in [0.2, 0.25) is 11.8 Å². The lowest BCUT2D eigenvalue weighted by Gasteiger charge is -2.55. The van der Waals surface area contributed by atoms with Crippen LogP contribution in [0.3, 0.4) is 0 Å². The second-order valence-electron chi connectivity index (χ2n) is 8.71. The third-order valence-electron chi connectivity index (χ3n) is 6.61. The molecule has 1 aromatic rings. The van der Waals surface area contributed by atoms with Crippen LogP contribution in [0, 0.1) is 23.2 Å². The largest absolute Gasteiger partial charge is 0.494 e. The van der Waals surface area contributed by atoms with E-state index in [0.717, 1.165) is 48.5 Å². The minimum atomic E-state index is -0.139. The van der Waals surface area contributed by atoms with Gasteiger partial charge in [-0.2, -0.15) is 0 Å². The van der Waals surface area contributed by atoms with Crippen molar-refractivity contribution in [1.82, 2.24) is 5.32 Å². The van der Waals surface area contributed by atoms with Crippen molar-refractivity contribution in [3.63, 3.8) is 0 Å². The molecule has 2 amide bonds. The average Bonchev–Trinajstić information content (AvgIpc) is 2.62. The Labute approximate surface area is 161 Å². The zero-order chi connectivity index (χ0) is 18.9. The maximum atomic E-state index is 12.9. The van der Waals surface area contributed by atoms with Gasteiger partial charge in [0.25, 0.3) is 0 Å². The molecule has 0 saturated heterocycles. The smallest absolute Gasteiger partial charge is 0.226 e. The van der Waals surface area contributed by atoms with E-state index in [1.54, 1.807) is 0 Å². The molecule has 2 N–H and O–H groups in total. The molecule has 0 aliphatic heterocycles. The molecule has 0 spiro atoms. The number of hydrogen-bond acceptors (Lipinski definition) is 3. The second-order valence-corrected chi connectivity index (χ2v) is 8.71. The minimum absolute atomic E-state index is 0.0787. The molecule has 27 heavy (non-hydrogen) atoms. The molecular formula is C22H30N2O3. The lowest BCUT2D eigenvalue weighted by atomic mass is 9.49. The van der Waals surface area contributed by atoms with Gasteiger partial charge in [0.1, 0.15) is 5.75 Å². The third kappa shape index (κ3) is 3.97. The van der Waals surface area contributed by atoms with Gasteiger partial charge in [0.15, 0.2) is 0 Å². The van der Waals surface area contributed by atoms with Crippen molar-refractivity contribution in [2.75, 3.05) is 18.5 Å². The van der Waals surface area contributed by atoms with E-state index < -0.39 is 0 Å². The molecule has 4 saturated carbocycles. The molecule has 0 heterocycles. The number of rotatable bonds is 7. The highest BCUT2D eigenvalue weighted by Crippen LogP contribution is 2.60. The Balaban J connectivity index is 1.23. The molecule has 146 valence electrons. The fraction of sp³-hybridized carbons (Fsp3) is 0.636. The summed E-state index contributed by atoms with van der Waals surface area (Å²) < 4.78 is 5.40. The maximum Gasteiger partial charge on any atom is 0.226 e. The van der Waals surface area contributed by atoms with Gasteiger partial charge in [-0.25, -0.2) is 0 Å². The van der Waals surface area contributed by atoms with E-state index in [1.807, 2.05) is 31.2 Å². The molecule has 1 aromatic carbocycles. The highest BCUT2D eigenvalue weighted by Gasteiger charge is 2.54. The van der Waals surface area contributed by atoms with Crippen LogP contribution < -0.4 is 15.4 Å². The van der Waals surface area contributed by atoms with Gasteiger partial charge in [-0.3, -0.25) is 9.59 Å². The van der Waals surface area contributed by atoms with Crippen molar-refractivity contribution < 1.29 is 14.3 Å². The van der Waals surface area contributed by atoms with E-state index in [2.05, 4.69) is 10.6 Å². The first kappa shape index (κ1) is 18.3. The van der Waals surface area contributed by atoms with E-state index in [9.17, 15) is 9.59 Å². The topological polar surface area (TPSA) is 67.4 Å². The maximum absolute atomic E-state index is 12.9. The Bertz CT molecular complexity index is 663. The Morgan fingerprint density at radius 2 is 1.63 bits per heavy atom. The molecule has 0 atom stereocenters. The van der Waals surface area contributed by atoms with Gasteiger partial charge in [0, 0.05) is 24.1 Å². The number of nitrogens with one attached hydrogen (secondary N) is 2. The van der Waals surface area contributed by atoms with Crippen LogP contribution in [0.25, 0.3) is 0 Å². The Morgan fingerprint density at radius 3 is 2.19 bits per heavy atom. The normalized spacial score (nSPS) is 30.8. The highest BCUT2D eigenvalue weighted by molar-refractivity contribution is 5.91. The predicted molar refractivity (Wildman–Crippen MR) is 104 cm³/mol. The van der Waals surface area contributed by atoms with E-state index >= 15 is 0 Å². The van der Waals surface area contributed by atoms with E-state index in [4.69, 9.17) is 4.74 Å². The van der Waals surface area contributed by atoms with Gasteiger partial charge in [-0.1, -0.05) is 0 Å². The van der Waals surface area contributed by atoms with Crippen molar-refractivity contribution in [3.8, 4) is 5.75 Å². The molecule has 4 aliphatic carbocycles. The summed E-state index contributed by atoms with van der Waals surface area (Å²) in [5.41, 5.74) is 0.608. The summed E-state index contributed by atoms with van der Waals surface area (Å²) >= 11 is 0. The SMILES string of the molecule is CCOc1ccc(NC(=O)CCNC(=O)C23CC4CC(CC(C4)C2)C3)cc1. The molecule has 4 fully saturated rings. The molecule has 5 nitrogen and oxygen atoms in total. The molecule has 0 aromatic heterocycles. The van der Waals surface area contributed by atoms with Crippen molar-refractivity contribution in [2.24, 2.45) is 23.2 Å². The zero-order valence-corrected chi connectivity index (χ0v) is 16.1. The fourth-order valence-corrected chi connectivity index (χ4v) is 5.89. The van der Waals surface area contributed by atoms with Crippen LogP contribution in [-0.4, -0.2) is 25.0 Å². The monoisotopic (exact) mass is 370 g/mol. The van der Waals surface area contributed by atoms with Crippen LogP contribution in [-0.2, 0) is 9.59 Å². The summed E-state index contributed by atoms with van der Waals surface area (Å²) in [6.07, 6.45) is 7.46. The van der Waals surface area contributed by atoms with Crippen molar-refractivity contribution in [1.29, 1.82) is 0 Å². The number of benzene rings is 1. The van der Waals surface area contributed by atoms with Crippen LogP contribution >= 0.6 is 0 Å². The van der Waals surface area contributed by atoms with Crippen LogP contribution in [0.2, 0.25) is 0 Å². The molecule has 0 radical (unpaired) electrons. The van der Waals surface area contributed by atoms with Gasteiger partial charge in [-0.15, -0.1) is 0 Å². The number of anilines is 1. The predicted octanol–water partition coefficient (Wildman–Crippen LogP) is 3.75. The van der Waals surface area contributed by atoms with Crippen LogP contribution in [0.4, 0.5) is 5.69 Å². The van der Waals surface area contributed by atoms with E-state index in [-0.39, 0.29) is 17.2 Å². The lowest BCUT2D eigenvalue weighted by molar-refractivity contribution is -0.146. The van der Waals surface area contributed by atoms with Gasteiger partial charge >= 0.3 is 0 Å². The first-order chi connectivity index (χ1) is 13.1. The summed E-state index contributed by atoms with van der Waals surface area (Å²) in [6, 6.07) is 7.34. The molecule has 5 rings (SSSR count). The van der Waals surface area contributed by atoms with Crippen LogP contribution in [0.15, 0.2) is 24.3 Å². The Hall–Kier alpha value is -2.04. The summed E-state index contributed by atoms with van der Waals surface area (Å²) in [4.78, 5) is 25.0. The van der Waals surface area contributed by atoms with Gasteiger partial charge < -0.3 is 15.4 Å². The minimum Gasteiger partial charge on any atom is -0.494 e. The van der Waals surface area contributed by atoms with Crippen LogP contribution in [0.1, 0.15) is 51.9 Å². The summed E-state index contributed by atoms with van der Waals surface area (Å²) in [5.74, 6) is 3.17. The Morgan fingerprint density at radius 1 is 1.04 bits per heavy atom. The number of ether oxygens (including phenoxy) is 1. The third-order valence-corrected chi connectivity index (χ3v) is 6.61. The van der Waals surface area contributed by atoms with Crippen molar-refractivity contribution in [2.45, 2.75) is 51.9 Å². The van der Waals surface area contributed by atoms with Crippen molar-refractivity contribution >= 4 is 17.5 Å². The quantitative estimate of drug-likeness (QED) is 0.768. The second kappa shape index (κ2) is 7.53. The zero-order valence-electron chi connectivity index (χ0n) is 16.1. The summed E-state index contributed by atoms with van der Waals surface area (Å²) in [5, 5.41) is 5.94. The average molecular weight is 370 g/mol. The number of amides is 2. The summed E-state index contributed by atoms with van der Waals surface area (Å²) in [6.45, 7) is 2.96. The fourth-order valence-electron chi connectivity index (χ4n) is 5.89. The van der Waals surface area contributed by atoms with Crippen molar-refractivity contribution in [3.05, 3.63) is 24.3 Å². The lowest BCUT2D eigenvalue weighted by Crippen LogP contribution is -2.53. The first-order valence-corrected chi connectivity index (χ1v) is 10.4. The number of carbonyl (C=O) groups excluding carboxylic acids is 2. The Kier molecular flexibility index (Phi) is 5.11. The number of carbonyl (C=O) groups is 2. The van der Waals surface area contributed by atoms with E-state index in [0.29, 0.717) is 19.6 Å². The molecule has 0 unspecified atom stereocenters. The highest BCUT2D eigenvalue weighted by atomic mass is 16.5. The standard InChI is InChI=1S/C22H30N2O3/c1-2-27-19-5-3-18(4-6-19)24-20(25)7-8-23-21(26)22-12-15-9-16(13-22)11-17(10-15)14-22/h3-6,15-17H,2,7-14H2,1H3,(H,23,26)(H,24,25). The molecule has 4 aliphatic rings. The summed E-state index contributed by atoms with van der Waals surface area (Å²) in [7, 11) is 0. The van der Waals surface area contributed by atoms with Crippen LogP contribution in [0.5, 0.6) is 5.75 Å². The molecule has 4 bridgehead atoms.